The Hall–Kier alpha value is -4.06. The summed E-state index contributed by atoms with van der Waals surface area (Å²) >= 11 is 0. The molecule has 3 aromatic carbocycles. The molecule has 1 aliphatic carbocycles. The fourth-order valence-electron chi connectivity index (χ4n) is 5.09. The molecule has 1 N–H and O–H groups in total. The molecule has 0 bridgehead atoms. The first-order valence-corrected chi connectivity index (χ1v) is 12.2. The fourth-order valence-corrected chi connectivity index (χ4v) is 5.09. The molecule has 0 radical (unpaired) electrons. The smallest absolute Gasteiger partial charge is 0.261 e. The standard InChI is InChI=1S/C30H28N2O4/c1-30(2)17-24(31-21-14-13-19-8-3-4-9-20(19)16-21)27(26(34)18-30)25(33)12-7-15-32-28(35)22-10-5-6-11-23(22)29(32)36/h3-6,8-11,13-14,16,33H,7,12,15,17-18H2,1-2H3/b27-25-,31-24?. The number of nitrogens with zero attached hydrogens (tertiary/aromatic N) is 2. The van der Waals surface area contributed by atoms with Crippen molar-refractivity contribution in [2.24, 2.45) is 10.4 Å². The van der Waals surface area contributed by atoms with Gasteiger partial charge in [-0.15, -0.1) is 0 Å². The monoisotopic (exact) mass is 480 g/mol. The predicted octanol–water partition coefficient (Wildman–Crippen LogP) is 6.19. The highest BCUT2D eigenvalue weighted by atomic mass is 16.3. The van der Waals surface area contributed by atoms with Gasteiger partial charge in [0.15, 0.2) is 5.78 Å². The Morgan fingerprint density at radius 2 is 1.53 bits per heavy atom. The maximum atomic E-state index is 13.1. The Balaban J connectivity index is 1.38. The molecule has 1 heterocycles. The molecule has 1 aliphatic heterocycles. The second kappa shape index (κ2) is 9.19. The summed E-state index contributed by atoms with van der Waals surface area (Å²) in [7, 11) is 0. The Kier molecular flexibility index (Phi) is 6.04. The molecule has 5 rings (SSSR count). The molecule has 6 nitrogen and oxygen atoms in total. The minimum atomic E-state index is -0.322. The van der Waals surface area contributed by atoms with E-state index in [-0.39, 0.29) is 47.3 Å². The number of aliphatic imine (C=N–C) groups is 1. The lowest BCUT2D eigenvalue weighted by atomic mass is 9.73. The van der Waals surface area contributed by atoms with Gasteiger partial charge in [0.05, 0.1) is 28.1 Å². The van der Waals surface area contributed by atoms with Crippen molar-refractivity contribution < 1.29 is 19.5 Å². The first kappa shape index (κ1) is 23.7. The summed E-state index contributed by atoms with van der Waals surface area (Å²) in [4.78, 5) is 44.4. The molecule has 3 aromatic rings. The molecule has 182 valence electrons. The third kappa shape index (κ3) is 4.47. The summed E-state index contributed by atoms with van der Waals surface area (Å²) < 4.78 is 0. The van der Waals surface area contributed by atoms with Crippen LogP contribution >= 0.6 is 0 Å². The molecular formula is C30H28N2O4. The minimum Gasteiger partial charge on any atom is -0.511 e. The molecule has 2 amide bonds. The van der Waals surface area contributed by atoms with E-state index in [1.54, 1.807) is 24.3 Å². The number of hydrogen-bond donors (Lipinski definition) is 1. The number of amides is 2. The van der Waals surface area contributed by atoms with Gasteiger partial charge in [0, 0.05) is 19.4 Å². The quantitative estimate of drug-likeness (QED) is 0.268. The van der Waals surface area contributed by atoms with E-state index in [2.05, 4.69) is 0 Å². The van der Waals surface area contributed by atoms with Gasteiger partial charge in [-0.05, 0) is 53.3 Å². The van der Waals surface area contributed by atoms with Crippen LogP contribution in [0.25, 0.3) is 10.8 Å². The van der Waals surface area contributed by atoms with Crippen LogP contribution in [0.4, 0.5) is 5.69 Å². The molecule has 0 aromatic heterocycles. The minimum absolute atomic E-state index is 0.0355. The predicted molar refractivity (Wildman–Crippen MR) is 140 cm³/mol. The number of benzene rings is 3. The Morgan fingerprint density at radius 3 is 2.22 bits per heavy atom. The molecule has 1 fully saturated rings. The number of aliphatic hydroxyl groups excluding tert-OH is 1. The zero-order valence-corrected chi connectivity index (χ0v) is 20.5. The number of Topliss-reactive ketones (excluding diaryl/α,β-unsaturated/α-hetero) is 1. The van der Waals surface area contributed by atoms with Crippen molar-refractivity contribution in [3.63, 3.8) is 0 Å². The lowest BCUT2D eigenvalue weighted by molar-refractivity contribution is -0.117. The molecule has 0 spiro atoms. The molecule has 36 heavy (non-hydrogen) atoms. The maximum Gasteiger partial charge on any atom is 0.261 e. The summed E-state index contributed by atoms with van der Waals surface area (Å²) in [5.74, 6) is -0.816. The number of imide groups is 1. The molecule has 0 saturated heterocycles. The van der Waals surface area contributed by atoms with Gasteiger partial charge in [0.1, 0.15) is 5.76 Å². The van der Waals surface area contributed by atoms with Crippen LogP contribution in [-0.4, -0.2) is 39.9 Å². The molecule has 0 atom stereocenters. The number of ketones is 1. The highest BCUT2D eigenvalue weighted by Gasteiger charge is 2.37. The summed E-state index contributed by atoms with van der Waals surface area (Å²) in [5, 5.41) is 13.2. The largest absolute Gasteiger partial charge is 0.511 e. The number of fused-ring (bicyclic) bond motifs is 2. The van der Waals surface area contributed by atoms with Crippen LogP contribution in [0.1, 0.15) is 60.2 Å². The van der Waals surface area contributed by atoms with Gasteiger partial charge in [0.25, 0.3) is 11.8 Å². The summed E-state index contributed by atoms with van der Waals surface area (Å²) in [6.07, 6.45) is 1.40. The van der Waals surface area contributed by atoms with E-state index < -0.39 is 0 Å². The SMILES string of the molecule is CC1(C)CC(=O)/C(=C(\O)CCCN2C(=O)c3ccccc3C2=O)C(=Nc2ccc3ccccc3c2)C1. The van der Waals surface area contributed by atoms with Gasteiger partial charge >= 0.3 is 0 Å². The third-order valence-corrected chi connectivity index (χ3v) is 6.81. The van der Waals surface area contributed by atoms with Crippen molar-refractivity contribution >= 4 is 39.8 Å². The second-order valence-corrected chi connectivity index (χ2v) is 10.3. The van der Waals surface area contributed by atoms with E-state index in [0.29, 0.717) is 36.1 Å². The lowest BCUT2D eigenvalue weighted by Gasteiger charge is -2.31. The van der Waals surface area contributed by atoms with Crippen LogP contribution in [0.3, 0.4) is 0 Å². The van der Waals surface area contributed by atoms with Gasteiger partial charge in [-0.1, -0.05) is 56.3 Å². The van der Waals surface area contributed by atoms with Crippen molar-refractivity contribution in [2.75, 3.05) is 6.54 Å². The number of carbonyl (C=O) groups excluding carboxylic acids is 3. The Bertz CT molecular complexity index is 1430. The van der Waals surface area contributed by atoms with Gasteiger partial charge in [-0.3, -0.25) is 24.3 Å². The fraction of sp³-hybridized carbons (Fsp3) is 0.267. The van der Waals surface area contributed by atoms with Gasteiger partial charge in [-0.25, -0.2) is 0 Å². The Morgan fingerprint density at radius 1 is 0.889 bits per heavy atom. The lowest BCUT2D eigenvalue weighted by Crippen LogP contribution is -2.33. The molecule has 1 saturated carbocycles. The third-order valence-electron chi connectivity index (χ3n) is 6.81. The van der Waals surface area contributed by atoms with Gasteiger partial charge < -0.3 is 5.11 Å². The van der Waals surface area contributed by atoms with E-state index in [1.165, 1.54) is 4.90 Å². The van der Waals surface area contributed by atoms with Crippen molar-refractivity contribution in [1.29, 1.82) is 0 Å². The van der Waals surface area contributed by atoms with E-state index in [0.717, 1.165) is 16.5 Å². The second-order valence-electron chi connectivity index (χ2n) is 10.3. The van der Waals surface area contributed by atoms with Crippen LogP contribution in [0.5, 0.6) is 0 Å². The van der Waals surface area contributed by atoms with Gasteiger partial charge in [0.2, 0.25) is 0 Å². The van der Waals surface area contributed by atoms with Crippen molar-refractivity contribution in [3.8, 4) is 0 Å². The van der Waals surface area contributed by atoms with Crippen molar-refractivity contribution in [2.45, 2.75) is 39.5 Å². The molecular weight excluding hydrogens is 452 g/mol. The first-order valence-electron chi connectivity index (χ1n) is 12.2. The number of carbonyl (C=O) groups is 3. The van der Waals surface area contributed by atoms with E-state index in [1.807, 2.05) is 56.3 Å². The highest BCUT2D eigenvalue weighted by Crippen LogP contribution is 2.37. The zero-order valence-electron chi connectivity index (χ0n) is 20.5. The van der Waals surface area contributed by atoms with Crippen molar-refractivity contribution in [1.82, 2.24) is 4.90 Å². The molecule has 0 unspecified atom stereocenters. The highest BCUT2D eigenvalue weighted by molar-refractivity contribution is 6.25. The average molecular weight is 481 g/mol. The van der Waals surface area contributed by atoms with Crippen molar-refractivity contribution in [3.05, 3.63) is 89.2 Å². The number of aliphatic hydroxyl groups is 1. The van der Waals surface area contributed by atoms with Crippen LogP contribution < -0.4 is 0 Å². The number of hydrogen-bond acceptors (Lipinski definition) is 5. The van der Waals surface area contributed by atoms with Crippen LogP contribution in [-0.2, 0) is 4.79 Å². The molecule has 2 aliphatic rings. The van der Waals surface area contributed by atoms with Crippen LogP contribution in [0.15, 0.2) is 83.1 Å². The zero-order chi connectivity index (χ0) is 25.4. The Labute approximate surface area is 210 Å². The summed E-state index contributed by atoms with van der Waals surface area (Å²) in [6.45, 7) is 4.22. The van der Waals surface area contributed by atoms with E-state index in [9.17, 15) is 19.5 Å². The number of rotatable bonds is 5. The summed E-state index contributed by atoms with van der Waals surface area (Å²) in [6, 6.07) is 20.6. The molecule has 6 heteroatoms. The summed E-state index contributed by atoms with van der Waals surface area (Å²) in [5.41, 5.74) is 2.11. The van der Waals surface area contributed by atoms with Crippen LogP contribution in [0.2, 0.25) is 0 Å². The maximum absolute atomic E-state index is 13.1. The topological polar surface area (TPSA) is 87.0 Å². The van der Waals surface area contributed by atoms with E-state index >= 15 is 0 Å². The van der Waals surface area contributed by atoms with Crippen LogP contribution in [0, 0.1) is 5.41 Å². The normalized spacial score (nSPS) is 19.8. The number of allylic oxidation sites excluding steroid dienone is 2. The van der Waals surface area contributed by atoms with Gasteiger partial charge in [-0.2, -0.15) is 0 Å². The average Bonchev–Trinajstić information content (AvgIpc) is 3.08. The van der Waals surface area contributed by atoms with E-state index in [4.69, 9.17) is 4.99 Å². The first-order chi connectivity index (χ1) is 17.2.